The Kier molecular flexibility index (Phi) is 4.66. The SMILES string of the molecule is CN(C)C(=O)CNC(=O)CSc1ncnc2c1oc1ccccc12. The van der Waals surface area contributed by atoms with Gasteiger partial charge in [-0.25, -0.2) is 9.97 Å². The zero-order valence-electron chi connectivity index (χ0n) is 13.3. The van der Waals surface area contributed by atoms with Crippen LogP contribution < -0.4 is 5.32 Å². The van der Waals surface area contributed by atoms with Gasteiger partial charge in [0.15, 0.2) is 5.58 Å². The highest BCUT2D eigenvalue weighted by atomic mass is 32.2. The van der Waals surface area contributed by atoms with E-state index in [-0.39, 0.29) is 24.1 Å². The molecule has 2 heterocycles. The number of hydrogen-bond donors (Lipinski definition) is 1. The number of para-hydroxylation sites is 1. The summed E-state index contributed by atoms with van der Waals surface area (Å²) in [6, 6.07) is 7.61. The Labute approximate surface area is 142 Å². The van der Waals surface area contributed by atoms with Crippen LogP contribution in [0, 0.1) is 0 Å². The van der Waals surface area contributed by atoms with Crippen LogP contribution >= 0.6 is 11.8 Å². The summed E-state index contributed by atoms with van der Waals surface area (Å²) in [7, 11) is 3.28. The van der Waals surface area contributed by atoms with E-state index < -0.39 is 0 Å². The van der Waals surface area contributed by atoms with Gasteiger partial charge >= 0.3 is 0 Å². The number of rotatable bonds is 5. The molecule has 2 aromatic heterocycles. The Bertz CT molecular complexity index is 907. The second kappa shape index (κ2) is 6.88. The lowest BCUT2D eigenvalue weighted by molar-refractivity contribution is -0.130. The van der Waals surface area contributed by atoms with E-state index in [0.717, 1.165) is 16.5 Å². The minimum Gasteiger partial charge on any atom is -0.451 e. The zero-order valence-corrected chi connectivity index (χ0v) is 14.1. The molecule has 0 fully saturated rings. The maximum Gasteiger partial charge on any atom is 0.241 e. The molecule has 0 spiro atoms. The van der Waals surface area contributed by atoms with Crippen LogP contribution in [0.1, 0.15) is 0 Å². The second-order valence-corrected chi connectivity index (χ2v) is 6.27. The summed E-state index contributed by atoms with van der Waals surface area (Å²) >= 11 is 1.25. The third-order valence-corrected chi connectivity index (χ3v) is 4.37. The molecule has 2 amide bonds. The average Bonchev–Trinajstić information content (AvgIpc) is 2.97. The summed E-state index contributed by atoms with van der Waals surface area (Å²) in [6.07, 6.45) is 1.46. The Morgan fingerprint density at radius 3 is 2.83 bits per heavy atom. The van der Waals surface area contributed by atoms with Crippen LogP contribution in [0.3, 0.4) is 0 Å². The van der Waals surface area contributed by atoms with Crippen LogP contribution in [0.2, 0.25) is 0 Å². The van der Waals surface area contributed by atoms with Crippen molar-refractivity contribution in [2.24, 2.45) is 0 Å². The predicted molar refractivity (Wildman–Crippen MR) is 91.7 cm³/mol. The van der Waals surface area contributed by atoms with Crippen LogP contribution in [0.5, 0.6) is 0 Å². The van der Waals surface area contributed by atoms with Crippen LogP contribution in [0.25, 0.3) is 22.1 Å². The Hall–Kier alpha value is -2.61. The van der Waals surface area contributed by atoms with Gasteiger partial charge in [0.25, 0.3) is 0 Å². The summed E-state index contributed by atoms with van der Waals surface area (Å²) in [4.78, 5) is 33.2. The largest absolute Gasteiger partial charge is 0.451 e. The summed E-state index contributed by atoms with van der Waals surface area (Å²) < 4.78 is 5.81. The quantitative estimate of drug-likeness (QED) is 0.559. The molecule has 0 aliphatic rings. The molecule has 1 N–H and O–H groups in total. The van der Waals surface area contributed by atoms with Crippen molar-refractivity contribution in [1.82, 2.24) is 20.2 Å². The maximum absolute atomic E-state index is 11.9. The molecule has 24 heavy (non-hydrogen) atoms. The zero-order chi connectivity index (χ0) is 17.1. The number of benzene rings is 1. The number of aromatic nitrogens is 2. The summed E-state index contributed by atoms with van der Waals surface area (Å²) in [5.74, 6) is -0.253. The first-order chi connectivity index (χ1) is 11.6. The first kappa shape index (κ1) is 16.3. The van der Waals surface area contributed by atoms with E-state index in [1.807, 2.05) is 24.3 Å². The third-order valence-electron chi connectivity index (χ3n) is 3.40. The lowest BCUT2D eigenvalue weighted by Gasteiger charge is -2.10. The number of furan rings is 1. The fourth-order valence-electron chi connectivity index (χ4n) is 2.12. The normalized spacial score (nSPS) is 10.9. The molecule has 0 aliphatic heterocycles. The maximum atomic E-state index is 11.9. The van der Waals surface area contributed by atoms with E-state index in [4.69, 9.17) is 4.42 Å². The van der Waals surface area contributed by atoms with Crippen molar-refractivity contribution >= 4 is 45.6 Å². The Morgan fingerprint density at radius 2 is 2.04 bits per heavy atom. The number of carbonyl (C=O) groups is 2. The van der Waals surface area contributed by atoms with E-state index in [9.17, 15) is 9.59 Å². The fourth-order valence-corrected chi connectivity index (χ4v) is 2.88. The molecule has 0 saturated carbocycles. The highest BCUT2D eigenvalue weighted by Gasteiger charge is 2.15. The van der Waals surface area contributed by atoms with Gasteiger partial charge in [-0.3, -0.25) is 9.59 Å². The van der Waals surface area contributed by atoms with Gasteiger partial charge in [0.1, 0.15) is 22.5 Å². The first-order valence-corrected chi connectivity index (χ1v) is 8.26. The summed E-state index contributed by atoms with van der Waals surface area (Å²) in [5, 5.41) is 4.10. The molecule has 124 valence electrons. The molecule has 0 bridgehead atoms. The molecule has 0 atom stereocenters. The van der Waals surface area contributed by atoms with Crippen molar-refractivity contribution in [1.29, 1.82) is 0 Å². The number of thioether (sulfide) groups is 1. The van der Waals surface area contributed by atoms with Crippen LogP contribution in [-0.2, 0) is 9.59 Å². The van der Waals surface area contributed by atoms with Crippen molar-refractivity contribution in [2.45, 2.75) is 5.03 Å². The number of amides is 2. The van der Waals surface area contributed by atoms with E-state index in [2.05, 4.69) is 15.3 Å². The lowest BCUT2D eigenvalue weighted by Crippen LogP contribution is -2.36. The van der Waals surface area contributed by atoms with Gasteiger partial charge in [-0.05, 0) is 12.1 Å². The van der Waals surface area contributed by atoms with E-state index in [1.54, 1.807) is 14.1 Å². The van der Waals surface area contributed by atoms with Gasteiger partial charge in [-0.1, -0.05) is 23.9 Å². The standard InChI is InChI=1S/C16H16N4O3S/c1-20(2)13(22)7-17-12(21)8-24-16-15-14(18-9-19-16)10-5-3-4-6-11(10)23-15/h3-6,9H,7-8H2,1-2H3,(H,17,21). The highest BCUT2D eigenvalue weighted by molar-refractivity contribution is 8.00. The summed E-state index contributed by atoms with van der Waals surface area (Å²) in [6.45, 7) is -0.0176. The number of likely N-dealkylation sites (N-methyl/N-ethyl adjacent to an activating group) is 1. The number of nitrogens with one attached hydrogen (secondary N) is 1. The van der Waals surface area contributed by atoms with Crippen molar-refractivity contribution in [3.63, 3.8) is 0 Å². The van der Waals surface area contributed by atoms with Gasteiger partial charge < -0.3 is 14.6 Å². The molecular formula is C16H16N4O3S. The highest BCUT2D eigenvalue weighted by Crippen LogP contribution is 2.32. The second-order valence-electron chi connectivity index (χ2n) is 5.31. The molecule has 0 radical (unpaired) electrons. The molecule has 0 unspecified atom stereocenters. The van der Waals surface area contributed by atoms with Crippen molar-refractivity contribution in [2.75, 3.05) is 26.4 Å². The number of carbonyl (C=O) groups excluding carboxylic acids is 2. The van der Waals surface area contributed by atoms with E-state index in [1.165, 1.54) is 23.0 Å². The molecule has 7 nitrogen and oxygen atoms in total. The van der Waals surface area contributed by atoms with Crippen molar-refractivity contribution in [3.8, 4) is 0 Å². The van der Waals surface area contributed by atoms with Crippen molar-refractivity contribution in [3.05, 3.63) is 30.6 Å². The van der Waals surface area contributed by atoms with E-state index in [0.29, 0.717) is 10.6 Å². The monoisotopic (exact) mass is 344 g/mol. The van der Waals surface area contributed by atoms with E-state index >= 15 is 0 Å². The van der Waals surface area contributed by atoms with Crippen molar-refractivity contribution < 1.29 is 14.0 Å². The van der Waals surface area contributed by atoms with Gasteiger partial charge in [0.2, 0.25) is 11.8 Å². The molecule has 8 heteroatoms. The van der Waals surface area contributed by atoms with Gasteiger partial charge in [-0.15, -0.1) is 0 Å². The average molecular weight is 344 g/mol. The fraction of sp³-hybridized carbons (Fsp3) is 0.250. The number of fused-ring (bicyclic) bond motifs is 3. The molecule has 3 rings (SSSR count). The molecule has 1 aromatic carbocycles. The molecule has 3 aromatic rings. The Morgan fingerprint density at radius 1 is 1.25 bits per heavy atom. The van der Waals surface area contributed by atoms with Crippen LogP contribution in [0.4, 0.5) is 0 Å². The van der Waals surface area contributed by atoms with Gasteiger partial charge in [-0.2, -0.15) is 0 Å². The minimum atomic E-state index is -0.238. The minimum absolute atomic E-state index is 0.0176. The predicted octanol–water partition coefficient (Wildman–Crippen LogP) is 1.67. The molecule has 0 aliphatic carbocycles. The van der Waals surface area contributed by atoms with Crippen LogP contribution in [-0.4, -0.2) is 53.1 Å². The Balaban J connectivity index is 1.71. The molecule has 0 saturated heterocycles. The first-order valence-electron chi connectivity index (χ1n) is 7.28. The number of nitrogens with zero attached hydrogens (tertiary/aromatic N) is 3. The van der Waals surface area contributed by atoms with Gasteiger partial charge in [0.05, 0.1) is 12.3 Å². The summed E-state index contributed by atoms with van der Waals surface area (Å²) in [5.41, 5.74) is 2.03. The topological polar surface area (TPSA) is 88.3 Å². The smallest absolute Gasteiger partial charge is 0.241 e. The molecular weight excluding hydrogens is 328 g/mol. The lowest BCUT2D eigenvalue weighted by atomic mass is 10.2. The number of hydrogen-bond acceptors (Lipinski definition) is 6. The third kappa shape index (κ3) is 3.33. The van der Waals surface area contributed by atoms with Crippen LogP contribution in [0.15, 0.2) is 40.0 Å². The van der Waals surface area contributed by atoms with Gasteiger partial charge in [0, 0.05) is 19.5 Å².